The Morgan fingerprint density at radius 3 is 0.649 bits per heavy atom. The van der Waals surface area contributed by atoms with E-state index in [1.165, 1.54) is 36.4 Å². The van der Waals surface area contributed by atoms with E-state index in [-0.39, 0.29) is 0 Å². The summed E-state index contributed by atoms with van der Waals surface area (Å²) >= 11 is 0. The van der Waals surface area contributed by atoms with Crippen molar-refractivity contribution in [2.45, 2.75) is 87.0 Å². The molecule has 37 heavy (non-hydrogen) atoms. The van der Waals surface area contributed by atoms with Gasteiger partial charge in [0.1, 0.15) is 34.9 Å². The Balaban J connectivity index is 0. The molecule has 0 saturated heterocycles. The van der Waals surface area contributed by atoms with E-state index < -0.39 is 34.9 Å². The van der Waals surface area contributed by atoms with E-state index in [4.69, 9.17) is 0 Å². The van der Waals surface area contributed by atoms with Gasteiger partial charge in [0.05, 0.1) is 0 Å². The summed E-state index contributed by atoms with van der Waals surface area (Å²) in [6.45, 7) is 13.9. The van der Waals surface area contributed by atoms with E-state index in [0.29, 0.717) is 0 Å². The fourth-order valence-electron chi connectivity index (χ4n) is 3.13. The molecule has 6 heteroatoms. The highest BCUT2D eigenvalue weighted by molar-refractivity contribution is 5.19. The van der Waals surface area contributed by atoms with Crippen LogP contribution in [-0.2, 0) is 19.3 Å². The van der Waals surface area contributed by atoms with Crippen LogP contribution < -0.4 is 0 Å². The lowest BCUT2D eigenvalue weighted by Crippen LogP contribution is -1.87. The number of halogens is 6. The van der Waals surface area contributed by atoms with Crippen LogP contribution in [0.25, 0.3) is 0 Å². The molecule has 0 aliphatic rings. The third-order valence-electron chi connectivity index (χ3n) is 4.38. The van der Waals surface area contributed by atoms with Crippen LogP contribution in [0.4, 0.5) is 26.3 Å². The average molecular weight is 529 g/mol. The summed E-state index contributed by atoms with van der Waals surface area (Å²) in [6.07, 6.45) is 4.91. The minimum absolute atomic E-state index is 0.492. The first-order valence-corrected chi connectivity index (χ1v) is 13.0. The van der Waals surface area contributed by atoms with Gasteiger partial charge in [-0.15, -0.1) is 0 Å². The maximum absolute atomic E-state index is 12.5. The highest BCUT2D eigenvalue weighted by Gasteiger charge is 2.00. The smallest absolute Gasteiger partial charge is 0.126 e. The van der Waals surface area contributed by atoms with Crippen LogP contribution >= 0.6 is 0 Å². The largest absolute Gasteiger partial charge is 0.207 e. The molecule has 3 rings (SSSR count). The monoisotopic (exact) mass is 528 g/mol. The van der Waals surface area contributed by atoms with Crippen molar-refractivity contribution in [2.24, 2.45) is 0 Å². The van der Waals surface area contributed by atoms with E-state index in [2.05, 4.69) is 0 Å². The lowest BCUT2D eigenvalue weighted by atomic mass is 10.1. The molecule has 0 nitrogen and oxygen atoms in total. The van der Waals surface area contributed by atoms with Gasteiger partial charge in [-0.3, -0.25) is 0 Å². The number of aryl methyl sites for hydroxylation is 3. The summed E-state index contributed by atoms with van der Waals surface area (Å²) in [5.74, 6) is -2.95. The van der Waals surface area contributed by atoms with E-state index in [9.17, 15) is 26.3 Å². The Morgan fingerprint density at radius 1 is 0.351 bits per heavy atom. The molecule has 3 aromatic carbocycles. The molecule has 0 fully saturated rings. The van der Waals surface area contributed by atoms with E-state index in [1.54, 1.807) is 0 Å². The normalized spacial score (nSPS) is 9.32. The zero-order chi connectivity index (χ0) is 28.8. The minimum Gasteiger partial charge on any atom is -0.207 e. The molecule has 0 heterocycles. The third kappa shape index (κ3) is 18.2. The second-order valence-corrected chi connectivity index (χ2v) is 7.58. The fourth-order valence-corrected chi connectivity index (χ4v) is 3.13. The van der Waals surface area contributed by atoms with Crippen LogP contribution in [0.5, 0.6) is 0 Å². The van der Waals surface area contributed by atoms with Crippen LogP contribution in [0.15, 0.2) is 54.6 Å². The predicted molar refractivity (Wildman–Crippen MR) is 144 cm³/mol. The lowest BCUT2D eigenvalue weighted by molar-refractivity contribution is 0.578. The summed E-state index contributed by atoms with van der Waals surface area (Å²) in [5, 5.41) is 0. The highest BCUT2D eigenvalue weighted by atomic mass is 19.2. The van der Waals surface area contributed by atoms with Crippen molar-refractivity contribution in [3.05, 3.63) is 106 Å². The van der Waals surface area contributed by atoms with Crippen LogP contribution in [0.2, 0.25) is 0 Å². The summed E-state index contributed by atoms with van der Waals surface area (Å²) in [4.78, 5) is 0. The van der Waals surface area contributed by atoms with E-state index in [1.807, 2.05) is 48.5 Å². The third-order valence-corrected chi connectivity index (χ3v) is 4.38. The van der Waals surface area contributed by atoms with Gasteiger partial charge in [0, 0.05) is 18.2 Å². The minimum atomic E-state index is -0.492. The van der Waals surface area contributed by atoms with Crippen molar-refractivity contribution >= 4 is 0 Å². The van der Waals surface area contributed by atoms with Gasteiger partial charge in [-0.1, -0.05) is 67.7 Å². The van der Waals surface area contributed by atoms with Gasteiger partial charge in [-0.2, -0.15) is 0 Å². The molecular formula is C31H42F6. The van der Waals surface area contributed by atoms with Crippen molar-refractivity contribution in [2.75, 3.05) is 0 Å². The first-order valence-electron chi connectivity index (χ1n) is 13.0. The lowest BCUT2D eigenvalue weighted by Gasteiger charge is -1.98. The summed E-state index contributed by atoms with van der Waals surface area (Å²) in [6, 6.07) is 10.9. The molecule has 0 bridgehead atoms. The molecule has 0 radical (unpaired) electrons. The van der Waals surface area contributed by atoms with Crippen LogP contribution in [0.1, 0.15) is 84.4 Å². The summed E-state index contributed by atoms with van der Waals surface area (Å²) in [5.41, 5.74) is 2.18. The zero-order valence-electron chi connectivity index (χ0n) is 23.2. The molecule has 0 aliphatic carbocycles. The Bertz CT molecular complexity index is 797. The van der Waals surface area contributed by atoms with Crippen molar-refractivity contribution < 1.29 is 26.3 Å². The van der Waals surface area contributed by atoms with Crippen LogP contribution in [0.3, 0.4) is 0 Å². The van der Waals surface area contributed by atoms with Gasteiger partial charge < -0.3 is 0 Å². The van der Waals surface area contributed by atoms with E-state index in [0.717, 1.165) is 73.4 Å². The molecular weight excluding hydrogens is 486 g/mol. The SMILES string of the molecule is CC.CC.CCCc1cc(F)cc(F)c1.CCCc1cc(F)cc(F)c1.CCCc1cc(F)cc(F)c1. The molecule has 0 saturated carbocycles. The topological polar surface area (TPSA) is 0 Å². The zero-order valence-corrected chi connectivity index (χ0v) is 23.2. The van der Waals surface area contributed by atoms with Gasteiger partial charge in [0.15, 0.2) is 0 Å². The Morgan fingerprint density at radius 2 is 0.514 bits per heavy atom. The Kier molecular flexibility index (Phi) is 22.1. The van der Waals surface area contributed by atoms with Gasteiger partial charge in [-0.05, 0) is 72.4 Å². The second-order valence-electron chi connectivity index (χ2n) is 7.58. The summed E-state index contributed by atoms with van der Waals surface area (Å²) < 4.78 is 75.1. The van der Waals surface area contributed by atoms with Crippen LogP contribution in [-0.4, -0.2) is 0 Å². The maximum Gasteiger partial charge on any atom is 0.126 e. The van der Waals surface area contributed by atoms with Gasteiger partial charge in [-0.25, -0.2) is 26.3 Å². The number of hydrogen-bond acceptors (Lipinski definition) is 0. The van der Waals surface area contributed by atoms with Crippen molar-refractivity contribution in [1.29, 1.82) is 0 Å². The molecule has 0 aromatic heterocycles. The Labute approximate surface area is 219 Å². The van der Waals surface area contributed by atoms with Crippen molar-refractivity contribution in [3.8, 4) is 0 Å². The molecule has 3 aromatic rings. The van der Waals surface area contributed by atoms with Gasteiger partial charge in [0.2, 0.25) is 0 Å². The molecule has 0 aliphatic heterocycles. The molecule has 0 unspecified atom stereocenters. The van der Waals surface area contributed by atoms with Crippen molar-refractivity contribution in [3.63, 3.8) is 0 Å². The van der Waals surface area contributed by atoms with Crippen LogP contribution in [0, 0.1) is 34.9 Å². The fraction of sp³-hybridized carbons (Fsp3) is 0.419. The molecule has 0 amide bonds. The first kappa shape index (κ1) is 36.4. The average Bonchev–Trinajstić information content (AvgIpc) is 2.81. The molecule has 208 valence electrons. The summed E-state index contributed by atoms with van der Waals surface area (Å²) in [7, 11) is 0. The van der Waals surface area contributed by atoms with Gasteiger partial charge in [0.25, 0.3) is 0 Å². The maximum atomic E-state index is 12.5. The predicted octanol–water partition coefficient (Wildman–Crippen LogP) is 10.8. The highest BCUT2D eigenvalue weighted by Crippen LogP contribution is 2.11. The second kappa shape index (κ2) is 22.4. The molecule has 0 atom stereocenters. The standard InChI is InChI=1S/3C9H10F2.2C2H6/c3*1-2-3-7-4-8(10)6-9(11)5-7;2*1-2/h3*4-6H,2-3H2,1H3;2*1-2H3. The van der Waals surface area contributed by atoms with Gasteiger partial charge >= 0.3 is 0 Å². The quantitative estimate of drug-likeness (QED) is 0.279. The van der Waals surface area contributed by atoms with E-state index >= 15 is 0 Å². The first-order chi connectivity index (χ1) is 17.7. The number of rotatable bonds is 6. The molecule has 0 spiro atoms. The van der Waals surface area contributed by atoms with Crippen molar-refractivity contribution in [1.82, 2.24) is 0 Å². The number of benzene rings is 3. The molecule has 0 N–H and O–H groups in total. The number of hydrogen-bond donors (Lipinski definition) is 0. The Hall–Kier alpha value is -2.76.